The monoisotopic (exact) mass is 432 g/mol. The second-order valence-electron chi connectivity index (χ2n) is 7.03. The number of thioether (sulfide) groups is 1. The fraction of sp³-hybridized carbons (Fsp3) is 0.364. The van der Waals surface area contributed by atoms with Crippen LogP contribution in [0.2, 0.25) is 5.02 Å². The summed E-state index contributed by atoms with van der Waals surface area (Å²) in [6.07, 6.45) is 5.46. The van der Waals surface area contributed by atoms with Crippen molar-refractivity contribution in [1.82, 2.24) is 0 Å². The first kappa shape index (κ1) is 21.5. The van der Waals surface area contributed by atoms with Crippen LogP contribution in [-0.2, 0) is 9.59 Å². The molecule has 7 heteroatoms. The van der Waals surface area contributed by atoms with E-state index in [1.54, 1.807) is 25.3 Å². The summed E-state index contributed by atoms with van der Waals surface area (Å²) >= 11 is 7.41. The number of ether oxygens (including phenoxy) is 1. The number of carbonyl (C=O) groups is 2. The highest BCUT2D eigenvalue weighted by Gasteiger charge is 2.21. The number of hydrogen-bond donors (Lipinski definition) is 2. The first-order valence-corrected chi connectivity index (χ1v) is 11.1. The number of nitrogens with one attached hydrogen (secondary N) is 2. The Kier molecular flexibility index (Phi) is 7.83. The Labute approximate surface area is 180 Å². The highest BCUT2D eigenvalue weighted by Crippen LogP contribution is 2.29. The van der Waals surface area contributed by atoms with E-state index in [9.17, 15) is 9.59 Å². The summed E-state index contributed by atoms with van der Waals surface area (Å²) in [7, 11) is 1.54. The lowest BCUT2D eigenvalue weighted by Crippen LogP contribution is -2.24. The van der Waals surface area contributed by atoms with Crippen molar-refractivity contribution in [3.05, 3.63) is 47.5 Å². The third-order valence-corrected chi connectivity index (χ3v) is 6.15. The fourth-order valence-electron chi connectivity index (χ4n) is 3.36. The molecule has 0 unspecified atom stereocenters. The van der Waals surface area contributed by atoms with E-state index in [0.717, 1.165) is 36.3 Å². The Balaban J connectivity index is 1.49. The van der Waals surface area contributed by atoms with E-state index < -0.39 is 0 Å². The Hall–Kier alpha value is -2.18. The number of halogens is 1. The summed E-state index contributed by atoms with van der Waals surface area (Å²) in [6.45, 7) is 0. The van der Waals surface area contributed by atoms with Crippen molar-refractivity contribution in [1.29, 1.82) is 0 Å². The number of rotatable bonds is 7. The van der Waals surface area contributed by atoms with Crippen molar-refractivity contribution < 1.29 is 14.3 Å². The minimum absolute atomic E-state index is 0.111. The molecule has 5 nitrogen and oxygen atoms in total. The summed E-state index contributed by atoms with van der Waals surface area (Å²) < 4.78 is 5.24. The van der Waals surface area contributed by atoms with Crippen molar-refractivity contribution in [2.45, 2.75) is 37.0 Å². The van der Waals surface area contributed by atoms with Crippen LogP contribution in [-0.4, -0.2) is 24.7 Å². The highest BCUT2D eigenvalue weighted by molar-refractivity contribution is 8.00. The molecule has 2 amide bonds. The summed E-state index contributed by atoms with van der Waals surface area (Å²) in [6, 6.07) is 12.7. The molecule has 2 aromatic carbocycles. The molecule has 154 valence electrons. The molecule has 29 heavy (non-hydrogen) atoms. The average molecular weight is 433 g/mol. The molecule has 0 saturated heterocycles. The lowest BCUT2D eigenvalue weighted by molar-refractivity contribution is -0.120. The minimum Gasteiger partial charge on any atom is -0.495 e. The van der Waals surface area contributed by atoms with Crippen LogP contribution in [0.3, 0.4) is 0 Å². The molecule has 1 fully saturated rings. The van der Waals surface area contributed by atoms with Gasteiger partial charge in [0.1, 0.15) is 5.75 Å². The second kappa shape index (κ2) is 10.6. The number of anilines is 2. The van der Waals surface area contributed by atoms with E-state index in [0.29, 0.717) is 16.5 Å². The molecule has 1 saturated carbocycles. The minimum atomic E-state index is -0.148. The van der Waals surface area contributed by atoms with Crippen molar-refractivity contribution >= 4 is 46.6 Å². The van der Waals surface area contributed by atoms with Crippen LogP contribution in [0, 0.1) is 5.92 Å². The first-order valence-electron chi connectivity index (χ1n) is 9.72. The molecule has 0 spiro atoms. The third kappa shape index (κ3) is 6.41. The van der Waals surface area contributed by atoms with E-state index in [1.165, 1.54) is 18.2 Å². The van der Waals surface area contributed by atoms with Crippen LogP contribution in [0.15, 0.2) is 47.4 Å². The quantitative estimate of drug-likeness (QED) is 0.559. The molecular formula is C22H25ClN2O3S. The number of carbonyl (C=O) groups excluding carboxylic acids is 2. The van der Waals surface area contributed by atoms with E-state index >= 15 is 0 Å². The number of benzene rings is 2. The maximum absolute atomic E-state index is 12.3. The van der Waals surface area contributed by atoms with Crippen LogP contribution in [0.5, 0.6) is 5.75 Å². The lowest BCUT2D eigenvalue weighted by Gasteiger charge is -2.20. The summed E-state index contributed by atoms with van der Waals surface area (Å²) in [4.78, 5) is 25.5. The van der Waals surface area contributed by atoms with E-state index in [-0.39, 0.29) is 23.5 Å². The second-order valence-corrected chi connectivity index (χ2v) is 8.52. The van der Waals surface area contributed by atoms with Crippen LogP contribution in [0.1, 0.15) is 32.1 Å². The topological polar surface area (TPSA) is 67.4 Å². The normalized spacial score (nSPS) is 14.3. The summed E-state index contributed by atoms with van der Waals surface area (Å²) in [5, 5.41) is 6.35. The van der Waals surface area contributed by atoms with Gasteiger partial charge in [-0.2, -0.15) is 0 Å². The molecule has 0 aromatic heterocycles. The molecule has 0 atom stereocenters. The van der Waals surface area contributed by atoms with Gasteiger partial charge in [-0.15, -0.1) is 11.8 Å². The van der Waals surface area contributed by atoms with Gasteiger partial charge in [0.15, 0.2) is 0 Å². The van der Waals surface area contributed by atoms with Gasteiger partial charge in [-0.25, -0.2) is 0 Å². The largest absolute Gasteiger partial charge is 0.495 e. The van der Waals surface area contributed by atoms with Crippen LogP contribution >= 0.6 is 23.4 Å². The van der Waals surface area contributed by atoms with Crippen molar-refractivity contribution in [2.24, 2.45) is 5.92 Å². The van der Waals surface area contributed by atoms with Gasteiger partial charge >= 0.3 is 0 Å². The molecule has 0 bridgehead atoms. The van der Waals surface area contributed by atoms with Gasteiger partial charge in [0, 0.05) is 21.5 Å². The molecule has 2 N–H and O–H groups in total. The van der Waals surface area contributed by atoms with Gasteiger partial charge < -0.3 is 15.4 Å². The molecule has 2 aromatic rings. The third-order valence-electron chi connectivity index (χ3n) is 4.90. The zero-order chi connectivity index (χ0) is 20.6. The van der Waals surface area contributed by atoms with E-state index in [1.807, 2.05) is 24.3 Å². The number of hydrogen-bond acceptors (Lipinski definition) is 4. The molecule has 3 rings (SSSR count). The highest BCUT2D eigenvalue weighted by atomic mass is 35.5. The molecular weight excluding hydrogens is 408 g/mol. The van der Waals surface area contributed by atoms with Crippen LogP contribution in [0.4, 0.5) is 11.4 Å². The molecule has 1 aliphatic carbocycles. The van der Waals surface area contributed by atoms with Crippen molar-refractivity contribution in [3.63, 3.8) is 0 Å². The summed E-state index contributed by atoms with van der Waals surface area (Å²) in [5.74, 6) is 0.907. The lowest BCUT2D eigenvalue weighted by atomic mass is 9.88. The summed E-state index contributed by atoms with van der Waals surface area (Å²) in [5.41, 5.74) is 1.34. The van der Waals surface area contributed by atoms with Crippen molar-refractivity contribution in [2.75, 3.05) is 23.5 Å². The first-order chi connectivity index (χ1) is 14.0. The van der Waals surface area contributed by atoms with Gasteiger partial charge in [0.05, 0.1) is 18.6 Å². The van der Waals surface area contributed by atoms with Gasteiger partial charge in [0.25, 0.3) is 0 Å². The SMILES string of the molecule is COc1ccc(Cl)cc1NC(=O)CSc1ccc(NC(=O)C2CCCCC2)cc1. The van der Waals surface area contributed by atoms with Gasteiger partial charge in [-0.05, 0) is 55.3 Å². The van der Waals surface area contributed by atoms with Crippen LogP contribution in [0.25, 0.3) is 0 Å². The fourth-order valence-corrected chi connectivity index (χ4v) is 4.23. The standard InChI is InChI=1S/C22H25ClN2O3S/c1-28-20-12-7-16(23)13-19(20)25-21(26)14-29-18-10-8-17(9-11-18)24-22(27)15-5-3-2-4-6-15/h7-13,15H,2-6,14H2,1H3,(H,24,27)(H,25,26). The Bertz CT molecular complexity index is 852. The smallest absolute Gasteiger partial charge is 0.234 e. The molecule has 0 heterocycles. The Morgan fingerprint density at radius 2 is 1.79 bits per heavy atom. The van der Waals surface area contributed by atoms with E-state index in [4.69, 9.17) is 16.3 Å². The zero-order valence-corrected chi connectivity index (χ0v) is 17.9. The number of methoxy groups -OCH3 is 1. The van der Waals surface area contributed by atoms with Gasteiger partial charge in [-0.1, -0.05) is 30.9 Å². The van der Waals surface area contributed by atoms with Gasteiger partial charge in [0.2, 0.25) is 11.8 Å². The molecule has 0 aliphatic heterocycles. The van der Waals surface area contributed by atoms with Crippen molar-refractivity contribution in [3.8, 4) is 5.75 Å². The average Bonchev–Trinajstić information content (AvgIpc) is 2.74. The predicted octanol–water partition coefficient (Wildman–Crippen LogP) is 5.60. The zero-order valence-electron chi connectivity index (χ0n) is 16.4. The maximum Gasteiger partial charge on any atom is 0.234 e. The Morgan fingerprint density at radius 1 is 1.07 bits per heavy atom. The van der Waals surface area contributed by atoms with E-state index in [2.05, 4.69) is 10.6 Å². The Morgan fingerprint density at radius 3 is 2.48 bits per heavy atom. The van der Waals surface area contributed by atoms with Gasteiger partial charge in [-0.3, -0.25) is 9.59 Å². The molecule has 0 radical (unpaired) electrons. The molecule has 1 aliphatic rings. The number of amides is 2. The maximum atomic E-state index is 12.3. The van der Waals surface area contributed by atoms with Crippen LogP contribution < -0.4 is 15.4 Å². The predicted molar refractivity (Wildman–Crippen MR) is 119 cm³/mol.